The number of pyridine rings is 2. The quantitative estimate of drug-likeness (QED) is 0.225. The van der Waals surface area contributed by atoms with Gasteiger partial charge in [-0.1, -0.05) is 37.5 Å². The lowest BCUT2D eigenvalue weighted by atomic mass is 9.82. The Hall–Kier alpha value is -4.26. The number of nitrogens with zero attached hydrogens (tertiary/aromatic N) is 3. The van der Waals surface area contributed by atoms with Crippen LogP contribution in [0, 0.1) is 5.92 Å². The molecule has 1 aromatic carbocycles. The van der Waals surface area contributed by atoms with E-state index in [1.54, 1.807) is 25.3 Å². The number of Topliss-reactive ketones (excluding diaryl/α,β-unsaturated/α-hetero) is 1. The van der Waals surface area contributed by atoms with E-state index in [2.05, 4.69) is 16.8 Å². The maximum Gasteiger partial charge on any atom is 0.337 e. The van der Waals surface area contributed by atoms with E-state index in [0.717, 1.165) is 40.7 Å². The third-order valence-corrected chi connectivity index (χ3v) is 7.71. The van der Waals surface area contributed by atoms with Gasteiger partial charge in [-0.3, -0.25) is 14.8 Å². The second-order valence-electron chi connectivity index (χ2n) is 10.3. The molecular weight excluding hydrogens is 488 g/mol. The largest absolute Gasteiger partial charge is 0.465 e. The van der Waals surface area contributed by atoms with Gasteiger partial charge in [-0.05, 0) is 68.5 Å². The van der Waals surface area contributed by atoms with Crippen LogP contribution < -0.4 is 5.73 Å². The van der Waals surface area contributed by atoms with Gasteiger partial charge in [0, 0.05) is 41.0 Å². The highest BCUT2D eigenvalue weighted by atomic mass is 16.5. The van der Waals surface area contributed by atoms with E-state index in [0.29, 0.717) is 28.3 Å². The molecule has 1 saturated carbocycles. The fourth-order valence-corrected chi connectivity index (χ4v) is 5.93. The van der Waals surface area contributed by atoms with Gasteiger partial charge in [-0.15, -0.1) is 0 Å². The summed E-state index contributed by atoms with van der Waals surface area (Å²) in [7, 11) is 1.38. The fraction of sp³-hybridized carbons (Fsp3) is 0.312. The van der Waals surface area contributed by atoms with E-state index in [9.17, 15) is 9.59 Å². The number of hydrogen-bond donors (Lipinski definition) is 1. The SMILES string of the molecule is COC(=O)c1ccc(-c2cn(C(c3ccccn3)C3CCCCC3)c3cc(C(C(C)=O)=C(C)N)cnc23)cc1. The van der Waals surface area contributed by atoms with Gasteiger partial charge in [0.2, 0.25) is 0 Å². The third-order valence-electron chi connectivity index (χ3n) is 7.71. The molecule has 0 aliphatic heterocycles. The number of methoxy groups -OCH3 is 1. The average Bonchev–Trinajstić information content (AvgIpc) is 3.32. The monoisotopic (exact) mass is 522 g/mol. The first-order chi connectivity index (χ1) is 18.9. The van der Waals surface area contributed by atoms with Crippen LogP contribution >= 0.6 is 0 Å². The van der Waals surface area contributed by atoms with Crippen LogP contribution in [0.3, 0.4) is 0 Å². The topological polar surface area (TPSA) is 100 Å². The van der Waals surface area contributed by atoms with Crippen LogP contribution in [0.2, 0.25) is 0 Å². The first kappa shape index (κ1) is 26.4. The van der Waals surface area contributed by atoms with Gasteiger partial charge in [0.1, 0.15) is 0 Å². The van der Waals surface area contributed by atoms with E-state index in [1.165, 1.54) is 33.3 Å². The minimum absolute atomic E-state index is 0.0119. The van der Waals surface area contributed by atoms with Crippen molar-refractivity contribution in [3.63, 3.8) is 0 Å². The summed E-state index contributed by atoms with van der Waals surface area (Å²) in [6.07, 6.45) is 11.6. The molecule has 7 nitrogen and oxygen atoms in total. The van der Waals surface area contributed by atoms with Gasteiger partial charge in [-0.2, -0.15) is 0 Å². The highest BCUT2D eigenvalue weighted by Crippen LogP contribution is 2.41. The highest BCUT2D eigenvalue weighted by Gasteiger charge is 2.30. The zero-order valence-corrected chi connectivity index (χ0v) is 22.7. The molecule has 2 N–H and O–H groups in total. The molecule has 1 fully saturated rings. The van der Waals surface area contributed by atoms with E-state index in [1.807, 2.05) is 36.5 Å². The van der Waals surface area contributed by atoms with Gasteiger partial charge >= 0.3 is 5.97 Å². The molecule has 1 aliphatic rings. The first-order valence-corrected chi connectivity index (χ1v) is 13.5. The number of nitrogens with two attached hydrogens (primary N) is 1. The summed E-state index contributed by atoms with van der Waals surface area (Å²) in [6.45, 7) is 3.27. The lowest BCUT2D eigenvalue weighted by molar-refractivity contribution is -0.111. The normalized spacial score (nSPS) is 15.6. The smallest absolute Gasteiger partial charge is 0.337 e. The van der Waals surface area contributed by atoms with Crippen molar-refractivity contribution in [2.75, 3.05) is 7.11 Å². The molecule has 3 heterocycles. The van der Waals surface area contributed by atoms with Crippen molar-refractivity contribution in [2.24, 2.45) is 11.7 Å². The molecule has 200 valence electrons. The number of allylic oxidation sites excluding steroid dienone is 2. The Kier molecular flexibility index (Phi) is 7.59. The maximum atomic E-state index is 12.5. The minimum atomic E-state index is -0.375. The van der Waals surface area contributed by atoms with Crippen LogP contribution in [0.25, 0.3) is 27.7 Å². The Morgan fingerprint density at radius 2 is 1.74 bits per heavy atom. The van der Waals surface area contributed by atoms with Crippen LogP contribution in [-0.4, -0.2) is 33.4 Å². The molecule has 7 heteroatoms. The Bertz CT molecular complexity index is 1530. The number of ether oxygens (including phenoxy) is 1. The number of carbonyl (C=O) groups is 2. The van der Waals surface area contributed by atoms with Crippen LogP contribution in [0.1, 0.15) is 73.6 Å². The van der Waals surface area contributed by atoms with Gasteiger partial charge in [0.25, 0.3) is 0 Å². The summed E-state index contributed by atoms with van der Waals surface area (Å²) in [5, 5.41) is 0. The molecule has 3 aromatic heterocycles. The molecule has 0 radical (unpaired) electrons. The summed E-state index contributed by atoms with van der Waals surface area (Å²) in [5.41, 5.74) is 12.9. The molecule has 39 heavy (non-hydrogen) atoms. The average molecular weight is 523 g/mol. The fourth-order valence-electron chi connectivity index (χ4n) is 5.93. The number of ketones is 1. The van der Waals surface area contributed by atoms with Crippen molar-refractivity contribution in [1.82, 2.24) is 14.5 Å². The number of fused-ring (bicyclic) bond motifs is 1. The zero-order valence-electron chi connectivity index (χ0n) is 22.7. The Morgan fingerprint density at radius 3 is 2.36 bits per heavy atom. The number of hydrogen-bond acceptors (Lipinski definition) is 6. The van der Waals surface area contributed by atoms with Crippen molar-refractivity contribution in [1.29, 1.82) is 0 Å². The Balaban J connectivity index is 1.75. The van der Waals surface area contributed by atoms with E-state index < -0.39 is 0 Å². The molecule has 1 unspecified atom stereocenters. The van der Waals surface area contributed by atoms with Gasteiger partial charge in [0.15, 0.2) is 5.78 Å². The molecule has 0 saturated heterocycles. The predicted molar refractivity (Wildman–Crippen MR) is 153 cm³/mol. The number of esters is 1. The van der Waals surface area contributed by atoms with E-state index in [-0.39, 0.29) is 17.8 Å². The summed E-state index contributed by atoms with van der Waals surface area (Å²) in [4.78, 5) is 34.2. The van der Waals surface area contributed by atoms with Crippen molar-refractivity contribution in [2.45, 2.75) is 52.0 Å². The van der Waals surface area contributed by atoms with Gasteiger partial charge in [0.05, 0.1) is 35.4 Å². The molecule has 4 aromatic rings. The summed E-state index contributed by atoms with van der Waals surface area (Å²) >= 11 is 0. The van der Waals surface area contributed by atoms with E-state index >= 15 is 0 Å². The van der Waals surface area contributed by atoms with Crippen LogP contribution in [0.4, 0.5) is 0 Å². The lowest BCUT2D eigenvalue weighted by Crippen LogP contribution is -2.23. The maximum absolute atomic E-state index is 12.5. The third kappa shape index (κ3) is 5.21. The summed E-state index contributed by atoms with van der Waals surface area (Å²) in [6, 6.07) is 15.5. The summed E-state index contributed by atoms with van der Waals surface area (Å²) < 4.78 is 7.16. The summed E-state index contributed by atoms with van der Waals surface area (Å²) in [5.74, 6) is -0.0529. The standard InChI is InChI=1S/C32H34N4O3/c1-20(33)29(21(2)37)25-17-28-30(35-18-25)26(22-12-14-24(15-13-22)32(38)39-3)19-36(28)31(23-9-5-4-6-10-23)27-11-7-8-16-34-27/h7-8,11-19,23,31H,4-6,9-10,33H2,1-3H3. The van der Waals surface area contributed by atoms with Crippen molar-refractivity contribution in [3.8, 4) is 11.1 Å². The molecule has 1 atom stereocenters. The number of carbonyl (C=O) groups excluding carboxylic acids is 2. The Morgan fingerprint density at radius 1 is 1.00 bits per heavy atom. The molecule has 1 aliphatic carbocycles. The number of aromatic nitrogens is 3. The van der Waals surface area contributed by atoms with Crippen LogP contribution in [0.5, 0.6) is 0 Å². The van der Waals surface area contributed by atoms with E-state index in [4.69, 9.17) is 20.4 Å². The van der Waals surface area contributed by atoms with Gasteiger partial charge in [-0.25, -0.2) is 4.79 Å². The zero-order chi connectivity index (χ0) is 27.5. The molecule has 0 amide bonds. The lowest BCUT2D eigenvalue weighted by Gasteiger charge is -2.31. The van der Waals surface area contributed by atoms with Crippen molar-refractivity contribution >= 4 is 28.4 Å². The number of benzene rings is 1. The van der Waals surface area contributed by atoms with Crippen molar-refractivity contribution in [3.05, 3.63) is 89.6 Å². The van der Waals surface area contributed by atoms with Crippen molar-refractivity contribution < 1.29 is 14.3 Å². The van der Waals surface area contributed by atoms with Gasteiger partial charge < -0.3 is 15.0 Å². The van der Waals surface area contributed by atoms with Crippen LogP contribution in [-0.2, 0) is 9.53 Å². The Labute approximate surface area is 228 Å². The molecule has 0 bridgehead atoms. The molecule has 0 spiro atoms. The second kappa shape index (κ2) is 11.2. The van der Waals surface area contributed by atoms with Crippen LogP contribution in [0.15, 0.2) is 72.8 Å². The molecular formula is C32H34N4O3. The highest BCUT2D eigenvalue weighted by molar-refractivity contribution is 6.20. The number of rotatable bonds is 7. The predicted octanol–water partition coefficient (Wildman–Crippen LogP) is 6.33. The molecule has 5 rings (SSSR count). The minimum Gasteiger partial charge on any atom is -0.465 e. The first-order valence-electron chi connectivity index (χ1n) is 13.5. The second-order valence-corrected chi connectivity index (χ2v) is 10.3.